The number of amides is 1. The fourth-order valence-corrected chi connectivity index (χ4v) is 2.96. The molecule has 1 saturated carbocycles. The molecule has 1 aliphatic carbocycles. The molecule has 0 aromatic heterocycles. The van der Waals surface area contributed by atoms with E-state index in [-0.39, 0.29) is 5.91 Å². The Morgan fingerprint density at radius 3 is 2.58 bits per heavy atom. The second kappa shape index (κ2) is 8.52. The lowest BCUT2D eigenvalue weighted by atomic mass is 10.0. The summed E-state index contributed by atoms with van der Waals surface area (Å²) < 4.78 is 11.8. The van der Waals surface area contributed by atoms with E-state index in [4.69, 9.17) is 9.47 Å². The van der Waals surface area contributed by atoms with E-state index in [1.807, 2.05) is 45.9 Å². The van der Waals surface area contributed by atoms with Crippen LogP contribution in [0.1, 0.15) is 64.9 Å². The molecule has 0 unspecified atom stereocenters. The van der Waals surface area contributed by atoms with Crippen LogP contribution in [-0.4, -0.2) is 24.2 Å². The Kier molecular flexibility index (Phi) is 6.67. The average molecular weight is 333 g/mol. The molecule has 134 valence electrons. The van der Waals surface area contributed by atoms with Crippen molar-refractivity contribution in [1.29, 1.82) is 0 Å². The van der Waals surface area contributed by atoms with Crippen LogP contribution in [0.5, 0.6) is 5.75 Å². The second-order valence-electron chi connectivity index (χ2n) is 6.89. The molecule has 1 aromatic rings. The molecule has 0 heterocycles. The Morgan fingerprint density at radius 2 is 2.00 bits per heavy atom. The lowest BCUT2D eigenvalue weighted by Crippen LogP contribution is -2.42. The van der Waals surface area contributed by atoms with Gasteiger partial charge in [-0.3, -0.25) is 4.79 Å². The van der Waals surface area contributed by atoms with Crippen molar-refractivity contribution in [1.82, 2.24) is 0 Å². The summed E-state index contributed by atoms with van der Waals surface area (Å²) in [6, 6.07) is 5.84. The largest absolute Gasteiger partial charge is 0.490 e. The van der Waals surface area contributed by atoms with Gasteiger partial charge >= 0.3 is 0 Å². The van der Waals surface area contributed by atoms with E-state index in [1.54, 1.807) is 0 Å². The first kappa shape index (κ1) is 18.8. The van der Waals surface area contributed by atoms with Gasteiger partial charge in [-0.1, -0.05) is 13.8 Å². The fraction of sp³-hybridized carbons (Fsp3) is 0.650. The van der Waals surface area contributed by atoms with Crippen molar-refractivity contribution in [3.8, 4) is 5.75 Å². The normalized spacial score (nSPS) is 17.5. The van der Waals surface area contributed by atoms with Crippen molar-refractivity contribution in [2.45, 2.75) is 77.9 Å². The van der Waals surface area contributed by atoms with E-state index in [2.05, 4.69) is 5.32 Å². The van der Waals surface area contributed by atoms with E-state index in [0.717, 1.165) is 36.3 Å². The molecular formula is C20H31NO3. The lowest BCUT2D eigenvalue weighted by molar-refractivity contribution is -0.139. The van der Waals surface area contributed by atoms with Gasteiger partial charge in [-0.05, 0) is 76.1 Å². The number of anilines is 1. The Bertz CT molecular complexity index is 552. The molecule has 1 aliphatic rings. The van der Waals surface area contributed by atoms with Gasteiger partial charge in [0.15, 0.2) is 0 Å². The van der Waals surface area contributed by atoms with Crippen LogP contribution in [0.4, 0.5) is 5.69 Å². The van der Waals surface area contributed by atoms with Crippen LogP contribution in [0.3, 0.4) is 0 Å². The first-order valence-corrected chi connectivity index (χ1v) is 9.21. The Hall–Kier alpha value is -1.55. The van der Waals surface area contributed by atoms with Gasteiger partial charge in [0, 0.05) is 12.3 Å². The molecule has 1 amide bonds. The maximum absolute atomic E-state index is 12.6. The van der Waals surface area contributed by atoms with Crippen molar-refractivity contribution in [3.05, 3.63) is 23.8 Å². The summed E-state index contributed by atoms with van der Waals surface area (Å²) >= 11 is 0. The minimum Gasteiger partial charge on any atom is -0.490 e. The van der Waals surface area contributed by atoms with Gasteiger partial charge in [-0.25, -0.2) is 0 Å². The molecule has 2 rings (SSSR count). The van der Waals surface area contributed by atoms with Gasteiger partial charge in [0.1, 0.15) is 11.4 Å². The maximum Gasteiger partial charge on any atom is 0.256 e. The SMILES string of the molecule is CCCO[C@@](C)(CC)C(=O)Nc1ccc(OC2CCCC2)c(C)c1. The van der Waals surface area contributed by atoms with Crippen LogP contribution in [-0.2, 0) is 9.53 Å². The van der Waals surface area contributed by atoms with Crippen molar-refractivity contribution < 1.29 is 14.3 Å². The summed E-state index contributed by atoms with van der Waals surface area (Å²) in [5, 5.41) is 2.98. The molecule has 4 heteroatoms. The molecule has 0 aliphatic heterocycles. The van der Waals surface area contributed by atoms with E-state index in [9.17, 15) is 4.79 Å². The molecule has 4 nitrogen and oxygen atoms in total. The number of ether oxygens (including phenoxy) is 2. The standard InChI is InChI=1S/C20H31NO3/c1-5-13-23-20(4,6-2)19(22)21-16-11-12-18(15(3)14-16)24-17-9-7-8-10-17/h11-12,14,17H,5-10,13H2,1-4H3,(H,21,22)/t20-/m0/s1. The second-order valence-corrected chi connectivity index (χ2v) is 6.89. The predicted molar refractivity (Wildman–Crippen MR) is 97.6 cm³/mol. The molecule has 24 heavy (non-hydrogen) atoms. The highest BCUT2D eigenvalue weighted by molar-refractivity contribution is 5.97. The fourth-order valence-electron chi connectivity index (χ4n) is 2.96. The van der Waals surface area contributed by atoms with Gasteiger partial charge in [0.25, 0.3) is 5.91 Å². The summed E-state index contributed by atoms with van der Waals surface area (Å²) in [6.45, 7) is 8.47. The van der Waals surface area contributed by atoms with E-state index in [0.29, 0.717) is 19.1 Å². The van der Waals surface area contributed by atoms with E-state index >= 15 is 0 Å². The summed E-state index contributed by atoms with van der Waals surface area (Å²) in [7, 11) is 0. The molecular weight excluding hydrogens is 302 g/mol. The number of carbonyl (C=O) groups excluding carboxylic acids is 1. The van der Waals surface area contributed by atoms with Gasteiger partial charge in [0.2, 0.25) is 0 Å². The smallest absolute Gasteiger partial charge is 0.256 e. The summed E-state index contributed by atoms with van der Waals surface area (Å²) in [5.74, 6) is 0.822. The molecule has 0 bridgehead atoms. The van der Waals surface area contributed by atoms with Crippen molar-refractivity contribution in [3.63, 3.8) is 0 Å². The molecule has 1 aromatic carbocycles. The minimum absolute atomic E-state index is 0.0951. The predicted octanol–water partition coefficient (Wildman–Crippen LogP) is 4.85. The number of carbonyl (C=O) groups is 1. The Balaban J connectivity index is 2.01. The number of hydrogen-bond donors (Lipinski definition) is 1. The minimum atomic E-state index is -0.789. The number of rotatable bonds is 8. The third-order valence-electron chi connectivity index (χ3n) is 4.81. The van der Waals surface area contributed by atoms with Gasteiger partial charge in [-0.2, -0.15) is 0 Å². The summed E-state index contributed by atoms with van der Waals surface area (Å²) in [5.41, 5.74) is 1.05. The van der Waals surface area contributed by atoms with Gasteiger partial charge in [0.05, 0.1) is 6.10 Å². The van der Waals surface area contributed by atoms with Crippen LogP contribution in [0.25, 0.3) is 0 Å². The van der Waals surface area contributed by atoms with Crippen LogP contribution in [0.2, 0.25) is 0 Å². The third-order valence-corrected chi connectivity index (χ3v) is 4.81. The molecule has 0 radical (unpaired) electrons. The molecule has 0 saturated heterocycles. The van der Waals surface area contributed by atoms with E-state index in [1.165, 1.54) is 12.8 Å². The average Bonchev–Trinajstić information content (AvgIpc) is 3.08. The number of aryl methyl sites for hydroxylation is 1. The molecule has 1 N–H and O–H groups in total. The maximum atomic E-state index is 12.6. The molecule has 1 fully saturated rings. The number of benzene rings is 1. The van der Waals surface area contributed by atoms with Crippen LogP contribution >= 0.6 is 0 Å². The zero-order valence-electron chi connectivity index (χ0n) is 15.5. The number of hydrogen-bond acceptors (Lipinski definition) is 3. The quantitative estimate of drug-likeness (QED) is 0.740. The highest BCUT2D eigenvalue weighted by atomic mass is 16.5. The van der Waals surface area contributed by atoms with Crippen LogP contribution < -0.4 is 10.1 Å². The first-order valence-electron chi connectivity index (χ1n) is 9.21. The third kappa shape index (κ3) is 4.73. The van der Waals surface area contributed by atoms with Crippen molar-refractivity contribution >= 4 is 11.6 Å². The van der Waals surface area contributed by atoms with Gasteiger partial charge in [-0.15, -0.1) is 0 Å². The Morgan fingerprint density at radius 1 is 1.29 bits per heavy atom. The summed E-state index contributed by atoms with van der Waals surface area (Å²) in [6.07, 6.45) is 6.67. The van der Waals surface area contributed by atoms with E-state index < -0.39 is 5.60 Å². The van der Waals surface area contributed by atoms with Crippen LogP contribution in [0.15, 0.2) is 18.2 Å². The zero-order valence-corrected chi connectivity index (χ0v) is 15.5. The van der Waals surface area contributed by atoms with Gasteiger partial charge < -0.3 is 14.8 Å². The Labute approximate surface area is 145 Å². The summed E-state index contributed by atoms with van der Waals surface area (Å²) in [4.78, 5) is 12.6. The first-order chi connectivity index (χ1) is 11.5. The van der Waals surface area contributed by atoms with Crippen molar-refractivity contribution in [2.75, 3.05) is 11.9 Å². The van der Waals surface area contributed by atoms with Crippen molar-refractivity contribution in [2.24, 2.45) is 0 Å². The van der Waals surface area contributed by atoms with Crippen LogP contribution in [0, 0.1) is 6.92 Å². The highest BCUT2D eigenvalue weighted by Gasteiger charge is 2.32. The molecule has 1 atom stereocenters. The monoisotopic (exact) mass is 333 g/mol. The number of nitrogens with one attached hydrogen (secondary N) is 1. The topological polar surface area (TPSA) is 47.6 Å². The highest BCUT2D eigenvalue weighted by Crippen LogP contribution is 2.28. The lowest BCUT2D eigenvalue weighted by Gasteiger charge is -2.27. The molecule has 0 spiro atoms. The zero-order chi connectivity index (χ0) is 17.6.